The molecule has 0 saturated heterocycles. The van der Waals surface area contributed by atoms with Crippen LogP contribution in [0.4, 0.5) is 0 Å². The second kappa shape index (κ2) is 5.44. The Bertz CT molecular complexity index is 786. The molecule has 21 heavy (non-hydrogen) atoms. The Balaban J connectivity index is 2.12. The maximum atomic E-state index is 12.9. The fraction of sp³-hybridized carbons (Fsp3) is 0.250. The van der Waals surface area contributed by atoms with E-state index in [-0.39, 0.29) is 5.78 Å². The van der Waals surface area contributed by atoms with Crippen molar-refractivity contribution in [3.63, 3.8) is 0 Å². The number of carbonyl (C=O) groups excluding carboxylic acids is 1. The molecule has 0 aliphatic rings. The van der Waals surface area contributed by atoms with Crippen LogP contribution in [0.25, 0.3) is 11.0 Å². The van der Waals surface area contributed by atoms with Gasteiger partial charge in [0.1, 0.15) is 11.8 Å². The van der Waals surface area contributed by atoms with E-state index in [1.165, 1.54) is 13.4 Å². The largest absolute Gasteiger partial charge is 0.493 e. The minimum Gasteiger partial charge on any atom is -0.493 e. The summed E-state index contributed by atoms with van der Waals surface area (Å²) in [5.74, 6) is 0.349. The van der Waals surface area contributed by atoms with Gasteiger partial charge in [-0.1, -0.05) is 25.1 Å². The predicted octanol–water partition coefficient (Wildman–Crippen LogP) is 3.28. The number of benzene rings is 1. The number of hydrogen-bond acceptors (Lipinski definition) is 4. The molecule has 3 rings (SSSR count). The fourth-order valence-corrected chi connectivity index (χ4v) is 2.41. The van der Waals surface area contributed by atoms with Crippen molar-refractivity contribution in [2.45, 2.75) is 19.9 Å². The van der Waals surface area contributed by atoms with Gasteiger partial charge in [0, 0.05) is 11.9 Å². The maximum absolute atomic E-state index is 12.9. The number of rotatable bonds is 5. The molecule has 5 nitrogen and oxygen atoms in total. The molecule has 2 aromatic heterocycles. The van der Waals surface area contributed by atoms with Crippen LogP contribution in [0.2, 0.25) is 0 Å². The Morgan fingerprint density at radius 2 is 2.19 bits per heavy atom. The maximum Gasteiger partial charge on any atom is 0.218 e. The zero-order valence-electron chi connectivity index (χ0n) is 12.0. The zero-order valence-corrected chi connectivity index (χ0v) is 12.0. The molecule has 0 radical (unpaired) electrons. The molecule has 0 spiro atoms. The molecular formula is C16H16N2O3. The normalized spacial score (nSPS) is 11.0. The highest BCUT2D eigenvalue weighted by molar-refractivity contribution is 6.16. The number of carbonyl (C=O) groups is 1. The van der Waals surface area contributed by atoms with Gasteiger partial charge >= 0.3 is 0 Å². The quantitative estimate of drug-likeness (QED) is 0.675. The van der Waals surface area contributed by atoms with Crippen LogP contribution in [-0.4, -0.2) is 22.7 Å². The molecule has 0 aliphatic carbocycles. The van der Waals surface area contributed by atoms with Crippen LogP contribution in [0.15, 0.2) is 41.1 Å². The summed E-state index contributed by atoms with van der Waals surface area (Å²) in [5, 5.41) is 5.03. The van der Waals surface area contributed by atoms with Crippen LogP contribution in [-0.2, 0) is 6.54 Å². The van der Waals surface area contributed by atoms with Crippen LogP contribution < -0.4 is 4.74 Å². The fourth-order valence-electron chi connectivity index (χ4n) is 2.41. The molecule has 0 atom stereocenters. The van der Waals surface area contributed by atoms with E-state index in [9.17, 15) is 4.79 Å². The molecule has 0 N–H and O–H groups in total. The lowest BCUT2D eigenvalue weighted by Gasteiger charge is -2.06. The Labute approximate surface area is 122 Å². The van der Waals surface area contributed by atoms with Crippen molar-refractivity contribution < 1.29 is 13.9 Å². The van der Waals surface area contributed by atoms with Crippen molar-refractivity contribution in [1.29, 1.82) is 0 Å². The average Bonchev–Trinajstić information content (AvgIpc) is 3.10. The van der Waals surface area contributed by atoms with Gasteiger partial charge in [-0.15, -0.1) is 0 Å². The third-order valence-corrected chi connectivity index (χ3v) is 3.40. The number of methoxy groups -OCH3 is 1. The van der Waals surface area contributed by atoms with Gasteiger partial charge in [0.25, 0.3) is 0 Å². The van der Waals surface area contributed by atoms with Gasteiger partial charge in [-0.25, -0.2) is 0 Å². The zero-order chi connectivity index (χ0) is 14.8. The highest BCUT2D eigenvalue weighted by atomic mass is 16.5. The van der Waals surface area contributed by atoms with E-state index in [4.69, 9.17) is 9.15 Å². The molecule has 0 fully saturated rings. The number of fused-ring (bicyclic) bond motifs is 1. The van der Waals surface area contributed by atoms with Crippen LogP contribution >= 0.6 is 0 Å². The second-order valence-corrected chi connectivity index (χ2v) is 4.76. The summed E-state index contributed by atoms with van der Waals surface area (Å²) in [4.78, 5) is 12.9. The molecule has 2 heterocycles. The lowest BCUT2D eigenvalue weighted by Crippen LogP contribution is -2.12. The van der Waals surface area contributed by atoms with Gasteiger partial charge in [0.2, 0.25) is 5.78 Å². The molecule has 0 unspecified atom stereocenters. The van der Waals surface area contributed by atoms with Crippen LogP contribution in [0.1, 0.15) is 29.4 Å². The minimum atomic E-state index is -0.136. The van der Waals surface area contributed by atoms with Crippen LogP contribution in [0, 0.1) is 0 Å². The number of aromatic nitrogens is 2. The van der Waals surface area contributed by atoms with E-state index in [0.717, 1.165) is 11.8 Å². The van der Waals surface area contributed by atoms with Crippen molar-refractivity contribution in [3.05, 3.63) is 48.0 Å². The van der Waals surface area contributed by atoms with Crippen molar-refractivity contribution in [3.8, 4) is 5.75 Å². The Hall–Kier alpha value is -2.56. The molecule has 108 valence electrons. The lowest BCUT2D eigenvalue weighted by molar-refractivity contribution is 0.102. The third-order valence-electron chi connectivity index (χ3n) is 3.40. The molecule has 0 aliphatic heterocycles. The summed E-state index contributed by atoms with van der Waals surface area (Å²) >= 11 is 0. The first-order valence-corrected chi connectivity index (χ1v) is 6.87. The highest BCUT2D eigenvalue weighted by Crippen LogP contribution is 2.27. The number of nitrogens with zero attached hydrogens (tertiary/aromatic N) is 2. The number of furan rings is 1. The molecule has 0 bridgehead atoms. The van der Waals surface area contributed by atoms with Crippen molar-refractivity contribution in [2.24, 2.45) is 0 Å². The average molecular weight is 284 g/mol. The number of ketones is 1. The topological polar surface area (TPSA) is 57.3 Å². The van der Waals surface area contributed by atoms with Crippen LogP contribution in [0.5, 0.6) is 5.75 Å². The van der Waals surface area contributed by atoms with E-state index in [2.05, 4.69) is 5.10 Å². The number of hydrogen-bond donors (Lipinski definition) is 0. The van der Waals surface area contributed by atoms with Crippen molar-refractivity contribution >= 4 is 16.8 Å². The summed E-state index contributed by atoms with van der Waals surface area (Å²) in [7, 11) is 1.54. The number of aryl methyl sites for hydroxylation is 1. The van der Waals surface area contributed by atoms with Gasteiger partial charge in [-0.3, -0.25) is 9.48 Å². The van der Waals surface area contributed by atoms with E-state index >= 15 is 0 Å². The monoisotopic (exact) mass is 284 g/mol. The van der Waals surface area contributed by atoms with Crippen LogP contribution in [0.3, 0.4) is 0 Å². The van der Waals surface area contributed by atoms with Crippen molar-refractivity contribution in [1.82, 2.24) is 9.78 Å². The van der Waals surface area contributed by atoms with Gasteiger partial charge in [0.15, 0.2) is 11.4 Å². The molecule has 3 aromatic rings. The first-order valence-electron chi connectivity index (χ1n) is 6.87. The summed E-state index contributed by atoms with van der Waals surface area (Å²) < 4.78 is 12.4. The first kappa shape index (κ1) is 13.4. The minimum absolute atomic E-state index is 0.136. The van der Waals surface area contributed by atoms with E-state index in [1.807, 2.05) is 31.2 Å². The van der Waals surface area contributed by atoms with E-state index in [0.29, 0.717) is 29.1 Å². The summed E-state index contributed by atoms with van der Waals surface area (Å²) in [6.07, 6.45) is 3.96. The molecule has 5 heteroatoms. The van der Waals surface area contributed by atoms with E-state index < -0.39 is 0 Å². The highest BCUT2D eigenvalue weighted by Gasteiger charge is 2.23. The summed E-state index contributed by atoms with van der Waals surface area (Å²) in [5.41, 5.74) is 1.69. The SMILES string of the molecule is CCCn1ncc(OC)c1C(=O)c1coc2ccccc12. The molecule has 0 amide bonds. The van der Waals surface area contributed by atoms with Gasteiger partial charge < -0.3 is 9.15 Å². The van der Waals surface area contributed by atoms with Gasteiger partial charge in [-0.05, 0) is 12.5 Å². The number of ether oxygens (including phenoxy) is 1. The second-order valence-electron chi connectivity index (χ2n) is 4.76. The summed E-state index contributed by atoms with van der Waals surface area (Å²) in [6, 6.07) is 7.48. The van der Waals surface area contributed by atoms with E-state index in [1.54, 1.807) is 10.9 Å². The Morgan fingerprint density at radius 1 is 1.38 bits per heavy atom. The Morgan fingerprint density at radius 3 is 2.95 bits per heavy atom. The summed E-state index contributed by atoms with van der Waals surface area (Å²) in [6.45, 7) is 2.70. The lowest BCUT2D eigenvalue weighted by atomic mass is 10.1. The third kappa shape index (κ3) is 2.20. The predicted molar refractivity (Wildman–Crippen MR) is 78.7 cm³/mol. The smallest absolute Gasteiger partial charge is 0.218 e. The Kier molecular flexibility index (Phi) is 3.48. The van der Waals surface area contributed by atoms with Gasteiger partial charge in [0.05, 0.1) is 18.9 Å². The van der Waals surface area contributed by atoms with Gasteiger partial charge in [-0.2, -0.15) is 5.10 Å². The van der Waals surface area contributed by atoms with Crippen molar-refractivity contribution in [2.75, 3.05) is 7.11 Å². The number of para-hydroxylation sites is 1. The first-order chi connectivity index (χ1) is 10.3. The molecule has 1 aromatic carbocycles. The molecule has 0 saturated carbocycles. The standard InChI is InChI=1S/C16H16N2O3/c1-3-8-18-15(14(20-2)9-17-18)16(19)12-10-21-13-7-5-4-6-11(12)13/h4-7,9-10H,3,8H2,1-2H3. The molecular weight excluding hydrogens is 268 g/mol.